The van der Waals surface area contributed by atoms with E-state index in [9.17, 15) is 0 Å². The van der Waals surface area contributed by atoms with E-state index in [0.29, 0.717) is 0 Å². The van der Waals surface area contributed by atoms with Gasteiger partial charge >= 0.3 is 0 Å². The molecule has 1 atom stereocenters. The summed E-state index contributed by atoms with van der Waals surface area (Å²) in [4.78, 5) is 0. The van der Waals surface area contributed by atoms with Gasteiger partial charge in [-0.3, -0.25) is 0 Å². The lowest BCUT2D eigenvalue weighted by molar-refractivity contribution is 0.185. The van der Waals surface area contributed by atoms with Gasteiger partial charge in [-0.25, -0.2) is 0 Å². The van der Waals surface area contributed by atoms with Crippen LogP contribution < -0.4 is 0 Å². The molecule has 2 nitrogen and oxygen atoms in total. The molecule has 0 fully saturated rings. The van der Waals surface area contributed by atoms with Crippen LogP contribution in [0.5, 0.6) is 0 Å². The van der Waals surface area contributed by atoms with Crippen molar-refractivity contribution in [2.45, 2.75) is 32.5 Å². The smallest absolute Gasteiger partial charge is 0.0681 e. The van der Waals surface area contributed by atoms with Gasteiger partial charge in [0, 0.05) is 0 Å². The highest BCUT2D eigenvalue weighted by atomic mass is 16.3. The van der Waals surface area contributed by atoms with Gasteiger partial charge in [0.2, 0.25) is 0 Å². The lowest BCUT2D eigenvalue weighted by Crippen LogP contribution is -2.01. The van der Waals surface area contributed by atoms with Crippen LogP contribution in [0.25, 0.3) is 0 Å². The van der Waals surface area contributed by atoms with Gasteiger partial charge in [0.1, 0.15) is 0 Å². The fourth-order valence-electron chi connectivity index (χ4n) is 1.19. The van der Waals surface area contributed by atoms with Crippen LogP contribution in [0, 0.1) is 0 Å². The Morgan fingerprint density at radius 1 is 1.15 bits per heavy atom. The number of hydrogen-bond donors (Lipinski definition) is 2. The number of aryl methyl sites for hydroxylation is 1. The normalized spacial score (nSPS) is 12.8. The summed E-state index contributed by atoms with van der Waals surface area (Å²) in [5, 5.41) is 17.9. The Labute approximate surface area is 78.8 Å². The van der Waals surface area contributed by atoms with E-state index in [0.717, 1.165) is 18.4 Å². The Balaban J connectivity index is 2.49. The van der Waals surface area contributed by atoms with Gasteiger partial charge < -0.3 is 10.2 Å². The molecule has 1 aromatic rings. The summed E-state index contributed by atoms with van der Waals surface area (Å²) in [6.45, 7) is 1.89. The molecule has 0 saturated carbocycles. The second-order valence-corrected chi connectivity index (χ2v) is 3.36. The van der Waals surface area contributed by atoms with Crippen LogP contribution in [0.4, 0.5) is 0 Å². The Bertz CT molecular complexity index is 239. The number of aliphatic hydroxyl groups excluding tert-OH is 2. The molecule has 1 rings (SSSR count). The molecule has 0 aromatic heterocycles. The van der Waals surface area contributed by atoms with Gasteiger partial charge in [-0.15, -0.1) is 0 Å². The molecule has 0 aliphatic heterocycles. The zero-order valence-electron chi connectivity index (χ0n) is 7.90. The van der Waals surface area contributed by atoms with E-state index in [1.54, 1.807) is 6.92 Å². The molecule has 0 radical (unpaired) electrons. The third-order valence-electron chi connectivity index (χ3n) is 2.06. The summed E-state index contributed by atoms with van der Waals surface area (Å²) >= 11 is 0. The van der Waals surface area contributed by atoms with Gasteiger partial charge in [-0.2, -0.15) is 0 Å². The summed E-state index contributed by atoms with van der Waals surface area (Å²) < 4.78 is 0. The van der Waals surface area contributed by atoms with E-state index in [2.05, 4.69) is 0 Å². The van der Waals surface area contributed by atoms with Crippen LogP contribution in [0.2, 0.25) is 0 Å². The van der Waals surface area contributed by atoms with Crippen molar-refractivity contribution in [3.8, 4) is 0 Å². The van der Waals surface area contributed by atoms with Crippen molar-refractivity contribution in [1.29, 1.82) is 0 Å². The molecule has 1 aromatic carbocycles. The van der Waals surface area contributed by atoms with E-state index < -0.39 is 0 Å². The first kappa shape index (κ1) is 10.2. The molecule has 2 heteroatoms. The molecule has 0 heterocycles. The molecule has 0 aliphatic carbocycles. The third kappa shape index (κ3) is 3.57. The van der Waals surface area contributed by atoms with Gasteiger partial charge in [0.25, 0.3) is 0 Å². The SMILES string of the molecule is CC(O)CCc1ccc(CO)cc1. The van der Waals surface area contributed by atoms with E-state index in [-0.39, 0.29) is 12.7 Å². The van der Waals surface area contributed by atoms with Gasteiger partial charge in [-0.05, 0) is 30.9 Å². The van der Waals surface area contributed by atoms with Gasteiger partial charge in [-0.1, -0.05) is 24.3 Å². The zero-order chi connectivity index (χ0) is 9.68. The molecule has 0 aliphatic rings. The average Bonchev–Trinajstić information content (AvgIpc) is 2.15. The fourth-order valence-corrected chi connectivity index (χ4v) is 1.19. The lowest BCUT2D eigenvalue weighted by Gasteiger charge is -2.04. The lowest BCUT2D eigenvalue weighted by atomic mass is 10.1. The molecule has 2 N–H and O–H groups in total. The highest BCUT2D eigenvalue weighted by molar-refractivity contribution is 5.21. The van der Waals surface area contributed by atoms with Gasteiger partial charge in [0.05, 0.1) is 12.7 Å². The Morgan fingerprint density at radius 3 is 2.15 bits per heavy atom. The van der Waals surface area contributed by atoms with Crippen molar-refractivity contribution >= 4 is 0 Å². The topological polar surface area (TPSA) is 40.5 Å². The molecule has 0 amide bonds. The monoisotopic (exact) mass is 180 g/mol. The van der Waals surface area contributed by atoms with Crippen LogP contribution >= 0.6 is 0 Å². The predicted octanol–water partition coefficient (Wildman–Crippen LogP) is 1.49. The van der Waals surface area contributed by atoms with E-state index in [1.165, 1.54) is 5.56 Å². The van der Waals surface area contributed by atoms with Crippen molar-refractivity contribution in [3.63, 3.8) is 0 Å². The minimum Gasteiger partial charge on any atom is -0.393 e. The summed E-state index contributed by atoms with van der Waals surface area (Å²) in [5.74, 6) is 0. The van der Waals surface area contributed by atoms with Crippen molar-refractivity contribution in [2.75, 3.05) is 0 Å². The Morgan fingerprint density at radius 2 is 1.69 bits per heavy atom. The molecule has 0 saturated heterocycles. The molecule has 1 unspecified atom stereocenters. The van der Waals surface area contributed by atoms with Crippen LogP contribution in [-0.2, 0) is 13.0 Å². The number of benzene rings is 1. The summed E-state index contributed by atoms with van der Waals surface area (Å²) in [7, 11) is 0. The van der Waals surface area contributed by atoms with E-state index in [1.807, 2.05) is 24.3 Å². The van der Waals surface area contributed by atoms with Crippen molar-refractivity contribution < 1.29 is 10.2 Å². The second-order valence-electron chi connectivity index (χ2n) is 3.36. The zero-order valence-corrected chi connectivity index (χ0v) is 7.90. The first-order chi connectivity index (χ1) is 6.22. The molecule has 72 valence electrons. The second kappa shape index (κ2) is 5.00. The van der Waals surface area contributed by atoms with Crippen LogP contribution in [-0.4, -0.2) is 16.3 Å². The minimum absolute atomic E-state index is 0.0939. The average molecular weight is 180 g/mol. The van der Waals surface area contributed by atoms with E-state index >= 15 is 0 Å². The molecular weight excluding hydrogens is 164 g/mol. The predicted molar refractivity (Wildman–Crippen MR) is 52.4 cm³/mol. The Kier molecular flexibility index (Phi) is 3.93. The summed E-state index contributed by atoms with van der Waals surface area (Å²) in [5.41, 5.74) is 2.14. The number of hydrogen-bond acceptors (Lipinski definition) is 2. The van der Waals surface area contributed by atoms with E-state index in [4.69, 9.17) is 10.2 Å². The first-order valence-electron chi connectivity index (χ1n) is 4.59. The minimum atomic E-state index is -0.238. The summed E-state index contributed by atoms with van der Waals surface area (Å²) in [6, 6.07) is 7.82. The quantitative estimate of drug-likeness (QED) is 0.737. The molecule has 0 spiro atoms. The molecule has 13 heavy (non-hydrogen) atoms. The van der Waals surface area contributed by atoms with Crippen LogP contribution in [0.15, 0.2) is 24.3 Å². The highest BCUT2D eigenvalue weighted by Gasteiger charge is 1.97. The van der Waals surface area contributed by atoms with Crippen LogP contribution in [0.1, 0.15) is 24.5 Å². The fraction of sp³-hybridized carbons (Fsp3) is 0.455. The maximum atomic E-state index is 9.07. The van der Waals surface area contributed by atoms with Crippen molar-refractivity contribution in [2.24, 2.45) is 0 Å². The number of rotatable bonds is 4. The standard InChI is InChI=1S/C11H16O2/c1-9(13)2-3-10-4-6-11(8-12)7-5-10/h4-7,9,12-13H,2-3,8H2,1H3. The van der Waals surface area contributed by atoms with Crippen molar-refractivity contribution in [3.05, 3.63) is 35.4 Å². The maximum Gasteiger partial charge on any atom is 0.0681 e. The third-order valence-corrected chi connectivity index (χ3v) is 2.06. The highest BCUT2D eigenvalue weighted by Crippen LogP contribution is 2.07. The molecular formula is C11H16O2. The Hall–Kier alpha value is -0.860. The largest absolute Gasteiger partial charge is 0.393 e. The van der Waals surface area contributed by atoms with Gasteiger partial charge in [0.15, 0.2) is 0 Å². The van der Waals surface area contributed by atoms with Crippen LogP contribution in [0.3, 0.4) is 0 Å². The first-order valence-corrected chi connectivity index (χ1v) is 4.59. The maximum absolute atomic E-state index is 9.07. The summed E-state index contributed by atoms with van der Waals surface area (Å²) in [6.07, 6.45) is 1.44. The van der Waals surface area contributed by atoms with Crippen molar-refractivity contribution in [1.82, 2.24) is 0 Å². The number of aliphatic hydroxyl groups is 2. The molecule has 0 bridgehead atoms.